The average Bonchev–Trinajstić information content (AvgIpc) is 3.14. The van der Waals surface area contributed by atoms with E-state index in [2.05, 4.69) is 0 Å². The van der Waals surface area contributed by atoms with Crippen molar-refractivity contribution in [2.24, 2.45) is 0 Å². The highest BCUT2D eigenvalue weighted by Crippen LogP contribution is 2.33. The molecule has 1 fully saturated rings. The van der Waals surface area contributed by atoms with Gasteiger partial charge in [0, 0.05) is 31.7 Å². The molecule has 1 saturated heterocycles. The molecule has 0 N–H and O–H groups in total. The van der Waals surface area contributed by atoms with E-state index in [9.17, 15) is 13.2 Å². The van der Waals surface area contributed by atoms with E-state index >= 15 is 0 Å². The molecule has 0 unspecified atom stereocenters. The Morgan fingerprint density at radius 2 is 1.52 bits per heavy atom. The van der Waals surface area contributed by atoms with Crippen LogP contribution < -0.4 is 9.47 Å². The minimum absolute atomic E-state index is 0.136. The number of rotatable bonds is 3. The van der Waals surface area contributed by atoms with Gasteiger partial charge >= 0.3 is 0 Å². The summed E-state index contributed by atoms with van der Waals surface area (Å²) < 4.78 is 38.5. The summed E-state index contributed by atoms with van der Waals surface area (Å²) in [5.74, 6) is 1.05. The normalized spacial score (nSPS) is 16.9. The minimum atomic E-state index is -3.60. The zero-order valence-corrected chi connectivity index (χ0v) is 17.6. The van der Waals surface area contributed by atoms with Crippen molar-refractivity contribution < 1.29 is 22.7 Å². The number of fused-ring (bicyclic) bond motifs is 1. The Morgan fingerprint density at radius 1 is 0.897 bits per heavy atom. The highest BCUT2D eigenvalue weighted by Gasteiger charge is 2.32. The summed E-state index contributed by atoms with van der Waals surface area (Å²) in [6, 6.07) is 8.88. The smallest absolute Gasteiger partial charge is 0.254 e. The lowest BCUT2D eigenvalue weighted by molar-refractivity contribution is 0.0697. The van der Waals surface area contributed by atoms with Gasteiger partial charge in [-0.3, -0.25) is 4.79 Å². The molecule has 8 heteroatoms. The molecule has 0 aliphatic carbocycles. The van der Waals surface area contributed by atoms with Crippen LogP contribution in [0.25, 0.3) is 0 Å². The van der Waals surface area contributed by atoms with Gasteiger partial charge < -0.3 is 14.4 Å². The van der Waals surface area contributed by atoms with Crippen LogP contribution in [0.3, 0.4) is 0 Å². The van der Waals surface area contributed by atoms with Crippen LogP contribution in [0.2, 0.25) is 0 Å². The molecular formula is C21H24N2O5S. The van der Waals surface area contributed by atoms with Gasteiger partial charge in [0.15, 0.2) is 11.5 Å². The molecule has 0 saturated carbocycles. The van der Waals surface area contributed by atoms with Crippen molar-refractivity contribution in [3.63, 3.8) is 0 Å². The number of benzene rings is 2. The number of nitrogens with zero attached hydrogens (tertiary/aromatic N) is 2. The Morgan fingerprint density at radius 3 is 2.17 bits per heavy atom. The molecule has 2 aliphatic heterocycles. The Kier molecular flexibility index (Phi) is 5.00. The maximum Gasteiger partial charge on any atom is 0.254 e. The van der Waals surface area contributed by atoms with Crippen LogP contribution in [-0.2, 0) is 10.0 Å². The maximum atomic E-state index is 13.2. The van der Waals surface area contributed by atoms with Gasteiger partial charge in [-0.2, -0.15) is 4.31 Å². The van der Waals surface area contributed by atoms with E-state index in [1.807, 2.05) is 32.9 Å². The van der Waals surface area contributed by atoms with E-state index in [1.165, 1.54) is 4.31 Å². The van der Waals surface area contributed by atoms with Crippen LogP contribution in [0.1, 0.15) is 27.0 Å². The van der Waals surface area contributed by atoms with Crippen LogP contribution in [0.4, 0.5) is 0 Å². The number of carbonyl (C=O) groups is 1. The summed E-state index contributed by atoms with van der Waals surface area (Å²) in [5.41, 5.74) is 3.05. The Bertz CT molecular complexity index is 1050. The summed E-state index contributed by atoms with van der Waals surface area (Å²) in [5, 5.41) is 0. The van der Waals surface area contributed by atoms with E-state index in [0.29, 0.717) is 35.0 Å². The van der Waals surface area contributed by atoms with E-state index in [4.69, 9.17) is 9.47 Å². The summed E-state index contributed by atoms with van der Waals surface area (Å²) >= 11 is 0. The van der Waals surface area contributed by atoms with Gasteiger partial charge in [-0.1, -0.05) is 17.7 Å². The third kappa shape index (κ3) is 3.58. The van der Waals surface area contributed by atoms with Crippen LogP contribution in [0.15, 0.2) is 35.2 Å². The van der Waals surface area contributed by atoms with Crippen molar-refractivity contribution in [1.82, 2.24) is 9.21 Å². The quantitative estimate of drug-likeness (QED) is 0.768. The van der Waals surface area contributed by atoms with Gasteiger partial charge in [0.05, 0.1) is 4.90 Å². The van der Waals surface area contributed by atoms with E-state index in [1.54, 1.807) is 23.1 Å². The molecule has 7 nitrogen and oxygen atoms in total. The van der Waals surface area contributed by atoms with Crippen LogP contribution >= 0.6 is 0 Å². The SMILES string of the molecule is Cc1cc(C)c(S(=O)(=O)N2CCN(C(=O)c3ccc4c(c3)OCO4)CC2)c(C)c1. The second-order valence-electron chi connectivity index (χ2n) is 7.49. The number of amides is 1. The van der Waals surface area contributed by atoms with Crippen molar-refractivity contribution in [2.45, 2.75) is 25.7 Å². The number of sulfonamides is 1. The predicted octanol–water partition coefficient (Wildman–Crippen LogP) is 2.49. The van der Waals surface area contributed by atoms with Crippen LogP contribution in [-0.4, -0.2) is 56.5 Å². The topological polar surface area (TPSA) is 76.2 Å². The lowest BCUT2D eigenvalue weighted by Crippen LogP contribution is -2.50. The molecule has 0 radical (unpaired) electrons. The number of carbonyl (C=O) groups excluding carboxylic acids is 1. The van der Waals surface area contributed by atoms with Crippen LogP contribution in [0.5, 0.6) is 11.5 Å². The molecule has 154 valence electrons. The second kappa shape index (κ2) is 7.35. The first-order valence-electron chi connectivity index (χ1n) is 9.54. The molecule has 4 rings (SSSR count). The lowest BCUT2D eigenvalue weighted by Gasteiger charge is -2.34. The second-order valence-corrected chi connectivity index (χ2v) is 9.37. The number of piperazine rings is 1. The van der Waals surface area contributed by atoms with Crippen molar-refractivity contribution in [3.8, 4) is 11.5 Å². The standard InChI is InChI=1S/C21H24N2O5S/c1-14-10-15(2)20(16(3)11-14)29(25,26)23-8-6-22(7-9-23)21(24)17-4-5-18-19(12-17)28-13-27-18/h4-5,10-12H,6-9,13H2,1-3H3. The summed E-state index contributed by atoms with van der Waals surface area (Å²) in [4.78, 5) is 14.9. The Hall–Kier alpha value is -2.58. The molecule has 2 aromatic rings. The van der Waals surface area contributed by atoms with Crippen LogP contribution in [0, 0.1) is 20.8 Å². The zero-order chi connectivity index (χ0) is 20.8. The average molecular weight is 416 g/mol. The fourth-order valence-electron chi connectivity index (χ4n) is 4.05. The molecule has 0 spiro atoms. The van der Waals surface area contributed by atoms with Crippen molar-refractivity contribution in [1.29, 1.82) is 0 Å². The molecule has 2 heterocycles. The summed E-state index contributed by atoms with van der Waals surface area (Å²) in [7, 11) is -3.60. The molecule has 0 atom stereocenters. The fourth-order valence-corrected chi connectivity index (χ4v) is 5.88. The van der Waals surface area contributed by atoms with Crippen molar-refractivity contribution in [2.75, 3.05) is 33.0 Å². The number of ether oxygens (including phenoxy) is 2. The first-order valence-corrected chi connectivity index (χ1v) is 11.0. The molecule has 0 bridgehead atoms. The Labute approximate surface area is 170 Å². The first-order chi connectivity index (χ1) is 13.8. The summed E-state index contributed by atoms with van der Waals surface area (Å²) in [6.07, 6.45) is 0. The third-order valence-electron chi connectivity index (χ3n) is 5.35. The fraction of sp³-hybridized carbons (Fsp3) is 0.381. The van der Waals surface area contributed by atoms with E-state index in [0.717, 1.165) is 16.7 Å². The van der Waals surface area contributed by atoms with Gasteiger partial charge in [-0.25, -0.2) is 8.42 Å². The third-order valence-corrected chi connectivity index (χ3v) is 7.55. The number of hydrogen-bond donors (Lipinski definition) is 0. The highest BCUT2D eigenvalue weighted by atomic mass is 32.2. The predicted molar refractivity (Wildman–Crippen MR) is 108 cm³/mol. The van der Waals surface area contributed by atoms with Crippen molar-refractivity contribution in [3.05, 3.63) is 52.6 Å². The number of aryl methyl sites for hydroxylation is 3. The van der Waals surface area contributed by atoms with Gasteiger partial charge in [0.2, 0.25) is 16.8 Å². The van der Waals surface area contributed by atoms with Crippen molar-refractivity contribution >= 4 is 15.9 Å². The molecule has 0 aromatic heterocycles. The number of hydrogen-bond acceptors (Lipinski definition) is 5. The Balaban J connectivity index is 1.49. The molecule has 29 heavy (non-hydrogen) atoms. The van der Waals surface area contributed by atoms with Gasteiger partial charge in [0.25, 0.3) is 5.91 Å². The molecular weight excluding hydrogens is 392 g/mol. The largest absolute Gasteiger partial charge is 0.454 e. The first kappa shape index (κ1) is 19.7. The zero-order valence-electron chi connectivity index (χ0n) is 16.8. The maximum absolute atomic E-state index is 13.2. The van der Waals surface area contributed by atoms with Gasteiger partial charge in [-0.05, 0) is 50.1 Å². The molecule has 2 aliphatic rings. The lowest BCUT2D eigenvalue weighted by atomic mass is 10.1. The highest BCUT2D eigenvalue weighted by molar-refractivity contribution is 7.89. The van der Waals surface area contributed by atoms with E-state index in [-0.39, 0.29) is 25.8 Å². The molecule has 1 amide bonds. The van der Waals surface area contributed by atoms with Gasteiger partial charge in [-0.15, -0.1) is 0 Å². The monoisotopic (exact) mass is 416 g/mol. The summed E-state index contributed by atoms with van der Waals surface area (Å²) in [6.45, 7) is 6.99. The molecule has 2 aromatic carbocycles. The van der Waals surface area contributed by atoms with Gasteiger partial charge in [0.1, 0.15) is 0 Å². The minimum Gasteiger partial charge on any atom is -0.454 e. The van der Waals surface area contributed by atoms with E-state index < -0.39 is 10.0 Å².